The van der Waals surface area contributed by atoms with Crippen LogP contribution in [0.3, 0.4) is 0 Å². The van der Waals surface area contributed by atoms with Gasteiger partial charge >= 0.3 is 12.0 Å². The Balaban J connectivity index is 1.95. The van der Waals surface area contributed by atoms with Crippen LogP contribution in [-0.2, 0) is 17.8 Å². The van der Waals surface area contributed by atoms with Crippen LogP contribution in [0.15, 0.2) is 24.3 Å². The molecule has 1 saturated heterocycles. The molecule has 2 N–H and O–H groups in total. The van der Waals surface area contributed by atoms with Crippen LogP contribution in [0.1, 0.15) is 31.4 Å². The molecule has 2 unspecified atom stereocenters. The summed E-state index contributed by atoms with van der Waals surface area (Å²) in [6.07, 6.45) is 1.56. The van der Waals surface area contributed by atoms with E-state index < -0.39 is 11.9 Å². The average Bonchev–Trinajstić information content (AvgIpc) is 2.52. The zero-order chi connectivity index (χ0) is 16.1. The number of carboxylic acids is 1. The maximum atomic E-state index is 12.3. The molecule has 0 bridgehead atoms. The molecule has 5 heteroatoms. The zero-order valence-corrected chi connectivity index (χ0v) is 13.2. The third kappa shape index (κ3) is 4.00. The summed E-state index contributed by atoms with van der Waals surface area (Å²) in [6, 6.07) is 7.85. The second-order valence-corrected chi connectivity index (χ2v) is 6.06. The van der Waals surface area contributed by atoms with E-state index in [2.05, 4.69) is 18.3 Å². The van der Waals surface area contributed by atoms with Crippen LogP contribution in [0.2, 0.25) is 0 Å². The van der Waals surface area contributed by atoms with Crippen LogP contribution < -0.4 is 5.32 Å². The number of nitrogens with one attached hydrogen (secondary N) is 1. The highest BCUT2D eigenvalue weighted by atomic mass is 16.4. The van der Waals surface area contributed by atoms with Gasteiger partial charge in [0.15, 0.2) is 0 Å². The highest BCUT2D eigenvalue weighted by Crippen LogP contribution is 2.21. The van der Waals surface area contributed by atoms with E-state index in [1.165, 1.54) is 5.56 Å². The number of carbonyl (C=O) groups is 2. The molecule has 5 nitrogen and oxygen atoms in total. The number of hydrogen-bond acceptors (Lipinski definition) is 2. The third-order valence-electron chi connectivity index (χ3n) is 4.23. The Morgan fingerprint density at radius 3 is 2.59 bits per heavy atom. The van der Waals surface area contributed by atoms with Gasteiger partial charge in [0, 0.05) is 19.6 Å². The van der Waals surface area contributed by atoms with Gasteiger partial charge in [0.25, 0.3) is 0 Å². The lowest BCUT2D eigenvalue weighted by Gasteiger charge is -2.34. The molecule has 0 spiro atoms. The fourth-order valence-electron chi connectivity index (χ4n) is 3.05. The van der Waals surface area contributed by atoms with Gasteiger partial charge < -0.3 is 15.3 Å². The minimum Gasteiger partial charge on any atom is -0.481 e. The van der Waals surface area contributed by atoms with Crippen LogP contribution in [0.4, 0.5) is 4.79 Å². The molecule has 2 rings (SSSR count). The molecule has 22 heavy (non-hydrogen) atoms. The molecular weight excluding hydrogens is 280 g/mol. The second-order valence-electron chi connectivity index (χ2n) is 6.06. The van der Waals surface area contributed by atoms with Gasteiger partial charge in [-0.2, -0.15) is 0 Å². The minimum atomic E-state index is -0.819. The van der Waals surface area contributed by atoms with Crippen molar-refractivity contribution in [3.05, 3.63) is 35.4 Å². The summed E-state index contributed by atoms with van der Waals surface area (Å²) in [5.74, 6) is -1.07. The molecule has 2 atom stereocenters. The van der Waals surface area contributed by atoms with E-state index in [9.17, 15) is 14.7 Å². The van der Waals surface area contributed by atoms with Crippen molar-refractivity contribution >= 4 is 12.0 Å². The number of carbonyl (C=O) groups excluding carboxylic acids is 1. The lowest BCUT2D eigenvalue weighted by molar-refractivity contribution is -0.143. The van der Waals surface area contributed by atoms with E-state index in [1.807, 2.05) is 25.1 Å². The van der Waals surface area contributed by atoms with Crippen LogP contribution in [0, 0.1) is 11.8 Å². The first-order valence-electron chi connectivity index (χ1n) is 7.83. The highest BCUT2D eigenvalue weighted by molar-refractivity contribution is 5.76. The van der Waals surface area contributed by atoms with Crippen LogP contribution in [0.25, 0.3) is 0 Å². The number of amides is 2. The van der Waals surface area contributed by atoms with Gasteiger partial charge in [-0.1, -0.05) is 38.1 Å². The molecule has 120 valence electrons. The van der Waals surface area contributed by atoms with Gasteiger partial charge in [0.2, 0.25) is 0 Å². The Morgan fingerprint density at radius 2 is 1.95 bits per heavy atom. The Hall–Kier alpha value is -2.04. The van der Waals surface area contributed by atoms with Crippen molar-refractivity contribution in [3.63, 3.8) is 0 Å². The van der Waals surface area contributed by atoms with Crippen molar-refractivity contribution in [2.24, 2.45) is 11.8 Å². The zero-order valence-electron chi connectivity index (χ0n) is 13.2. The predicted molar refractivity (Wildman–Crippen MR) is 84.5 cm³/mol. The van der Waals surface area contributed by atoms with E-state index in [0.717, 1.165) is 12.0 Å². The van der Waals surface area contributed by atoms with Gasteiger partial charge in [-0.3, -0.25) is 4.79 Å². The standard InChI is InChI=1S/C17H24N2O3/c1-3-13-6-4-5-7-14(13)9-18-17(22)19-10-12(2)8-15(11-19)16(20)21/h4-7,12,15H,3,8-11H2,1-2H3,(H,18,22)(H,20,21). The topological polar surface area (TPSA) is 69.6 Å². The van der Waals surface area contributed by atoms with E-state index in [0.29, 0.717) is 26.1 Å². The van der Waals surface area contributed by atoms with E-state index in [4.69, 9.17) is 0 Å². The molecule has 1 heterocycles. The first-order valence-corrected chi connectivity index (χ1v) is 7.83. The Bertz CT molecular complexity index is 544. The Morgan fingerprint density at radius 1 is 1.27 bits per heavy atom. The smallest absolute Gasteiger partial charge is 0.317 e. The lowest BCUT2D eigenvalue weighted by Crippen LogP contribution is -2.49. The van der Waals surface area contributed by atoms with Crippen molar-refractivity contribution in [2.75, 3.05) is 13.1 Å². The van der Waals surface area contributed by atoms with Gasteiger partial charge in [-0.15, -0.1) is 0 Å². The first kappa shape index (κ1) is 16.3. The lowest BCUT2D eigenvalue weighted by atomic mass is 9.91. The second kappa shape index (κ2) is 7.29. The maximum Gasteiger partial charge on any atom is 0.317 e. The van der Waals surface area contributed by atoms with E-state index >= 15 is 0 Å². The molecule has 1 aromatic carbocycles. The number of benzene rings is 1. The molecule has 1 aliphatic rings. The van der Waals surface area contributed by atoms with Gasteiger partial charge in [-0.25, -0.2) is 4.79 Å². The molecule has 2 amide bonds. The number of carboxylic acid groups (broad SMARTS) is 1. The van der Waals surface area contributed by atoms with E-state index in [-0.39, 0.29) is 11.9 Å². The number of likely N-dealkylation sites (tertiary alicyclic amines) is 1. The quantitative estimate of drug-likeness (QED) is 0.898. The monoisotopic (exact) mass is 304 g/mol. The summed E-state index contributed by atoms with van der Waals surface area (Å²) in [5.41, 5.74) is 2.33. The Labute approximate surface area is 131 Å². The maximum absolute atomic E-state index is 12.3. The largest absolute Gasteiger partial charge is 0.481 e. The fraction of sp³-hybridized carbons (Fsp3) is 0.529. The van der Waals surface area contributed by atoms with Crippen LogP contribution >= 0.6 is 0 Å². The normalized spacial score (nSPS) is 21.5. The number of rotatable bonds is 4. The number of hydrogen-bond donors (Lipinski definition) is 2. The summed E-state index contributed by atoms with van der Waals surface area (Å²) in [4.78, 5) is 25.1. The number of urea groups is 1. The molecule has 0 radical (unpaired) electrons. The molecule has 1 aromatic rings. The van der Waals surface area contributed by atoms with Crippen molar-refractivity contribution in [1.29, 1.82) is 0 Å². The van der Waals surface area contributed by atoms with Gasteiger partial charge in [0.05, 0.1) is 5.92 Å². The van der Waals surface area contributed by atoms with Crippen molar-refractivity contribution in [2.45, 2.75) is 33.2 Å². The summed E-state index contributed by atoms with van der Waals surface area (Å²) in [5, 5.41) is 12.1. The average molecular weight is 304 g/mol. The van der Waals surface area contributed by atoms with Crippen molar-refractivity contribution < 1.29 is 14.7 Å². The molecule has 0 aromatic heterocycles. The molecule has 1 aliphatic heterocycles. The highest BCUT2D eigenvalue weighted by Gasteiger charge is 2.31. The first-order chi connectivity index (χ1) is 10.5. The van der Waals surface area contributed by atoms with E-state index in [1.54, 1.807) is 4.90 Å². The number of aryl methyl sites for hydroxylation is 1. The summed E-state index contributed by atoms with van der Waals surface area (Å²) in [7, 11) is 0. The molecule has 0 saturated carbocycles. The fourth-order valence-corrected chi connectivity index (χ4v) is 3.05. The van der Waals surface area contributed by atoms with Crippen molar-refractivity contribution in [1.82, 2.24) is 10.2 Å². The number of aliphatic carboxylic acids is 1. The molecular formula is C17H24N2O3. The summed E-state index contributed by atoms with van der Waals surface area (Å²) < 4.78 is 0. The predicted octanol–water partition coefficient (Wildman–Crippen LogP) is 2.50. The summed E-state index contributed by atoms with van der Waals surface area (Å²) >= 11 is 0. The van der Waals surface area contributed by atoms with Gasteiger partial charge in [-0.05, 0) is 29.9 Å². The summed E-state index contributed by atoms with van der Waals surface area (Å²) in [6.45, 7) is 5.46. The Kier molecular flexibility index (Phi) is 5.41. The third-order valence-corrected chi connectivity index (χ3v) is 4.23. The van der Waals surface area contributed by atoms with Crippen LogP contribution in [0.5, 0.6) is 0 Å². The number of nitrogens with zero attached hydrogens (tertiary/aromatic N) is 1. The minimum absolute atomic E-state index is 0.177. The number of piperidine rings is 1. The SMILES string of the molecule is CCc1ccccc1CNC(=O)N1CC(C)CC(C(=O)O)C1. The van der Waals surface area contributed by atoms with Crippen LogP contribution in [-0.4, -0.2) is 35.1 Å². The van der Waals surface area contributed by atoms with Gasteiger partial charge in [0.1, 0.15) is 0 Å². The molecule has 0 aliphatic carbocycles. The van der Waals surface area contributed by atoms with Crippen molar-refractivity contribution in [3.8, 4) is 0 Å². The molecule has 1 fully saturated rings.